The summed E-state index contributed by atoms with van der Waals surface area (Å²) in [5.41, 5.74) is 0.369. The van der Waals surface area contributed by atoms with Crippen LogP contribution in [0.3, 0.4) is 0 Å². The molecule has 2 nitrogen and oxygen atoms in total. The number of benzene rings is 1. The highest BCUT2D eigenvalue weighted by Gasteiger charge is 2.30. The van der Waals surface area contributed by atoms with Crippen molar-refractivity contribution in [3.8, 4) is 0 Å². The summed E-state index contributed by atoms with van der Waals surface area (Å²) in [6, 6.07) is 6.39. The molecule has 1 rings (SSSR count). The first-order chi connectivity index (χ1) is 6.88. The van der Waals surface area contributed by atoms with E-state index >= 15 is 0 Å². The molecule has 0 radical (unpaired) electrons. The summed E-state index contributed by atoms with van der Waals surface area (Å²) in [5, 5.41) is 9.36. The topological polar surface area (TPSA) is 29.5 Å². The quantitative estimate of drug-likeness (QED) is 0.925. The third-order valence-electron chi connectivity index (χ3n) is 1.64. The molecule has 1 atom stereocenters. The van der Waals surface area contributed by atoms with Crippen LogP contribution in [0, 0.1) is 0 Å². The molecule has 0 saturated carbocycles. The molecule has 0 aromatic heterocycles. The zero-order valence-electron chi connectivity index (χ0n) is 7.46. The van der Waals surface area contributed by atoms with Gasteiger partial charge in [-0.05, 0) is 17.7 Å². The molecule has 84 valence electrons. The number of hydrogen-bond donors (Lipinski definition) is 1. The van der Waals surface area contributed by atoms with Crippen molar-refractivity contribution in [1.82, 2.24) is 0 Å². The third-order valence-corrected chi connectivity index (χ3v) is 2.13. The van der Waals surface area contributed by atoms with E-state index in [2.05, 4.69) is 20.7 Å². The second kappa shape index (κ2) is 4.96. The Morgan fingerprint density at radius 2 is 2.07 bits per heavy atom. The van der Waals surface area contributed by atoms with Gasteiger partial charge in [0, 0.05) is 4.47 Å². The first kappa shape index (κ1) is 12.5. The highest BCUT2D eigenvalue weighted by molar-refractivity contribution is 9.10. The minimum atomic E-state index is -4.72. The second-order valence-electron chi connectivity index (χ2n) is 2.83. The summed E-state index contributed by atoms with van der Waals surface area (Å²) in [6.07, 6.45) is -6.00. The first-order valence-electron chi connectivity index (χ1n) is 4.03. The Hall–Kier alpha value is -0.590. The molecule has 0 amide bonds. The molecule has 1 N–H and O–H groups in total. The smallest absolute Gasteiger partial charge is 0.386 e. The Labute approximate surface area is 92.8 Å². The molecule has 1 aromatic rings. The van der Waals surface area contributed by atoms with Crippen molar-refractivity contribution in [2.45, 2.75) is 12.5 Å². The van der Waals surface area contributed by atoms with E-state index in [9.17, 15) is 18.3 Å². The van der Waals surface area contributed by atoms with E-state index in [-0.39, 0.29) is 0 Å². The number of ether oxygens (including phenoxy) is 1. The number of aliphatic hydroxyl groups excluding tert-OH is 1. The fourth-order valence-electron chi connectivity index (χ4n) is 0.984. The Balaban J connectivity index is 2.58. The number of halogens is 4. The second-order valence-corrected chi connectivity index (χ2v) is 3.74. The molecule has 0 fully saturated rings. The fraction of sp³-hybridized carbons (Fsp3) is 0.333. The minimum absolute atomic E-state index is 0.369. The van der Waals surface area contributed by atoms with Gasteiger partial charge < -0.3 is 5.11 Å². The number of aliphatic hydroxyl groups is 1. The lowest BCUT2D eigenvalue weighted by molar-refractivity contribution is -0.331. The van der Waals surface area contributed by atoms with Crippen LogP contribution in [0.5, 0.6) is 0 Å². The predicted molar refractivity (Wildman–Crippen MR) is 51.1 cm³/mol. The summed E-state index contributed by atoms with van der Waals surface area (Å²) < 4.78 is 39.2. The summed E-state index contributed by atoms with van der Waals surface area (Å²) in [7, 11) is 0. The van der Waals surface area contributed by atoms with Crippen LogP contribution in [0.4, 0.5) is 13.2 Å². The summed E-state index contributed by atoms with van der Waals surface area (Å²) in [4.78, 5) is 0. The van der Waals surface area contributed by atoms with E-state index < -0.39 is 19.1 Å². The first-order valence-corrected chi connectivity index (χ1v) is 4.82. The summed E-state index contributed by atoms with van der Waals surface area (Å²) in [6.45, 7) is -0.806. The number of alkyl halides is 3. The average molecular weight is 285 g/mol. The van der Waals surface area contributed by atoms with Gasteiger partial charge >= 0.3 is 6.36 Å². The van der Waals surface area contributed by atoms with Crippen molar-refractivity contribution >= 4 is 15.9 Å². The fourth-order valence-corrected chi connectivity index (χ4v) is 1.40. The molecule has 0 aliphatic heterocycles. The lowest BCUT2D eigenvalue weighted by Gasteiger charge is -2.13. The van der Waals surface area contributed by atoms with E-state index in [0.29, 0.717) is 10.0 Å². The van der Waals surface area contributed by atoms with Gasteiger partial charge in [0.15, 0.2) is 0 Å². The van der Waals surface area contributed by atoms with E-state index in [1.807, 2.05) is 0 Å². The van der Waals surface area contributed by atoms with Crippen LogP contribution in [0.1, 0.15) is 11.7 Å². The van der Waals surface area contributed by atoms with Crippen molar-refractivity contribution < 1.29 is 23.0 Å². The summed E-state index contributed by atoms with van der Waals surface area (Å²) in [5.74, 6) is 0. The molecule has 0 aliphatic rings. The molecule has 0 aliphatic carbocycles. The highest BCUT2D eigenvalue weighted by Crippen LogP contribution is 2.22. The van der Waals surface area contributed by atoms with Gasteiger partial charge in [-0.3, -0.25) is 4.74 Å². The van der Waals surface area contributed by atoms with Gasteiger partial charge in [-0.25, -0.2) is 0 Å². The molecule has 1 aromatic carbocycles. The average Bonchev–Trinajstić information content (AvgIpc) is 2.13. The molecule has 0 saturated heterocycles. The van der Waals surface area contributed by atoms with E-state index in [0.717, 1.165) is 0 Å². The molecule has 0 unspecified atom stereocenters. The van der Waals surface area contributed by atoms with Crippen LogP contribution in [0.25, 0.3) is 0 Å². The van der Waals surface area contributed by atoms with Crippen molar-refractivity contribution in [2.75, 3.05) is 6.61 Å². The lowest BCUT2D eigenvalue weighted by Crippen LogP contribution is -2.18. The van der Waals surface area contributed by atoms with Gasteiger partial charge in [0.25, 0.3) is 0 Å². The van der Waals surface area contributed by atoms with Crippen LogP contribution >= 0.6 is 15.9 Å². The van der Waals surface area contributed by atoms with Crippen molar-refractivity contribution in [3.63, 3.8) is 0 Å². The Bertz CT molecular complexity index is 327. The van der Waals surface area contributed by atoms with Crippen LogP contribution in [0.15, 0.2) is 28.7 Å². The Morgan fingerprint density at radius 3 is 2.60 bits per heavy atom. The normalized spacial score (nSPS) is 13.9. The highest BCUT2D eigenvalue weighted by atomic mass is 79.9. The SMILES string of the molecule is O[C@@H](COC(F)(F)F)c1cccc(Br)c1. The van der Waals surface area contributed by atoms with Gasteiger partial charge in [0.2, 0.25) is 0 Å². The van der Waals surface area contributed by atoms with E-state index in [1.165, 1.54) is 12.1 Å². The summed E-state index contributed by atoms with van der Waals surface area (Å²) >= 11 is 3.15. The van der Waals surface area contributed by atoms with Crippen molar-refractivity contribution in [3.05, 3.63) is 34.3 Å². The molecule has 15 heavy (non-hydrogen) atoms. The zero-order chi connectivity index (χ0) is 11.5. The van der Waals surface area contributed by atoms with Crippen molar-refractivity contribution in [1.29, 1.82) is 0 Å². The van der Waals surface area contributed by atoms with Crippen molar-refractivity contribution in [2.24, 2.45) is 0 Å². The molecule has 0 bridgehead atoms. The van der Waals surface area contributed by atoms with E-state index in [1.54, 1.807) is 12.1 Å². The van der Waals surface area contributed by atoms with Gasteiger partial charge in [-0.2, -0.15) is 0 Å². The molecular weight excluding hydrogens is 277 g/mol. The van der Waals surface area contributed by atoms with Gasteiger partial charge in [-0.15, -0.1) is 13.2 Å². The monoisotopic (exact) mass is 284 g/mol. The number of rotatable bonds is 3. The van der Waals surface area contributed by atoms with Gasteiger partial charge in [-0.1, -0.05) is 28.1 Å². The maximum Gasteiger partial charge on any atom is 0.522 e. The minimum Gasteiger partial charge on any atom is -0.386 e. The van der Waals surface area contributed by atoms with Crippen LogP contribution in [-0.2, 0) is 4.74 Å². The number of hydrogen-bond acceptors (Lipinski definition) is 2. The molecule has 0 heterocycles. The molecular formula is C9H8BrF3O2. The third kappa shape index (κ3) is 4.63. The van der Waals surface area contributed by atoms with Crippen LogP contribution in [-0.4, -0.2) is 18.1 Å². The maximum atomic E-state index is 11.7. The molecule has 0 spiro atoms. The van der Waals surface area contributed by atoms with Gasteiger partial charge in [0.05, 0.1) is 6.61 Å². The zero-order valence-corrected chi connectivity index (χ0v) is 9.05. The lowest BCUT2D eigenvalue weighted by atomic mass is 10.1. The largest absolute Gasteiger partial charge is 0.522 e. The van der Waals surface area contributed by atoms with Crippen LogP contribution in [0.2, 0.25) is 0 Å². The standard InChI is InChI=1S/C9H8BrF3O2/c10-7-3-1-2-6(4-7)8(14)5-15-9(11,12)13/h1-4,8,14H,5H2/t8-/m0/s1. The molecule has 6 heteroatoms. The van der Waals surface area contributed by atoms with E-state index in [4.69, 9.17) is 0 Å². The van der Waals surface area contributed by atoms with Crippen LogP contribution < -0.4 is 0 Å². The Kier molecular flexibility index (Phi) is 4.12. The maximum absolute atomic E-state index is 11.7. The van der Waals surface area contributed by atoms with Gasteiger partial charge in [0.1, 0.15) is 6.10 Å². The predicted octanol–water partition coefficient (Wildman–Crippen LogP) is 3.02. The Morgan fingerprint density at radius 1 is 1.40 bits per heavy atom.